The fraction of sp³-hybridized carbons (Fsp3) is 0.0556. The highest BCUT2D eigenvalue weighted by Gasteiger charge is 2.13. The molecule has 0 fully saturated rings. The second kappa shape index (κ2) is 6.45. The molecule has 0 radical (unpaired) electrons. The van der Waals surface area contributed by atoms with Crippen LogP contribution in [0.25, 0.3) is 5.69 Å². The Labute approximate surface area is 137 Å². The van der Waals surface area contributed by atoms with Crippen molar-refractivity contribution in [2.45, 2.75) is 6.92 Å². The molecule has 5 nitrogen and oxygen atoms in total. The molecule has 0 spiro atoms. The van der Waals surface area contributed by atoms with Crippen molar-refractivity contribution in [1.82, 2.24) is 9.78 Å². The van der Waals surface area contributed by atoms with Gasteiger partial charge in [0.25, 0.3) is 5.91 Å². The predicted octanol–water partition coefficient (Wildman–Crippen LogP) is 2.93. The first kappa shape index (κ1) is 15.6. The smallest absolute Gasteiger partial charge is 0.280 e. The summed E-state index contributed by atoms with van der Waals surface area (Å²) >= 11 is 0. The molecule has 1 heterocycles. The first-order valence-corrected chi connectivity index (χ1v) is 7.27. The SMILES string of the molecule is Cc1ccc(-n2ccc(=O)c(C(=O)Nc3ccc(F)cc3)n2)cc1. The molecule has 0 saturated carbocycles. The van der Waals surface area contributed by atoms with Crippen LogP contribution in [0.2, 0.25) is 0 Å². The van der Waals surface area contributed by atoms with Gasteiger partial charge in [0.1, 0.15) is 5.82 Å². The largest absolute Gasteiger partial charge is 0.320 e. The molecule has 0 unspecified atom stereocenters. The number of anilines is 1. The molecule has 6 heteroatoms. The van der Waals surface area contributed by atoms with Crippen molar-refractivity contribution >= 4 is 11.6 Å². The van der Waals surface area contributed by atoms with E-state index in [9.17, 15) is 14.0 Å². The van der Waals surface area contributed by atoms with Gasteiger partial charge in [-0.3, -0.25) is 9.59 Å². The molecular weight excluding hydrogens is 309 g/mol. The maximum atomic E-state index is 12.9. The van der Waals surface area contributed by atoms with Crippen LogP contribution in [0.15, 0.2) is 65.6 Å². The number of rotatable bonds is 3. The van der Waals surface area contributed by atoms with Crippen molar-refractivity contribution < 1.29 is 9.18 Å². The van der Waals surface area contributed by atoms with Crippen LogP contribution in [0.4, 0.5) is 10.1 Å². The van der Waals surface area contributed by atoms with E-state index < -0.39 is 17.2 Å². The molecule has 0 saturated heterocycles. The van der Waals surface area contributed by atoms with Gasteiger partial charge in [-0.1, -0.05) is 17.7 Å². The molecule has 3 rings (SSSR count). The van der Waals surface area contributed by atoms with Crippen molar-refractivity contribution in [2.24, 2.45) is 0 Å². The van der Waals surface area contributed by atoms with Crippen LogP contribution in [0.1, 0.15) is 16.1 Å². The number of aryl methyl sites for hydroxylation is 1. The summed E-state index contributed by atoms with van der Waals surface area (Å²) in [4.78, 5) is 24.2. The molecule has 120 valence electrons. The number of benzene rings is 2. The van der Waals surface area contributed by atoms with Gasteiger partial charge in [0, 0.05) is 18.0 Å². The molecule has 0 atom stereocenters. The highest BCUT2D eigenvalue weighted by atomic mass is 19.1. The molecule has 0 aliphatic carbocycles. The van der Waals surface area contributed by atoms with E-state index in [0.717, 1.165) is 11.3 Å². The Morgan fingerprint density at radius 3 is 2.38 bits per heavy atom. The van der Waals surface area contributed by atoms with E-state index in [-0.39, 0.29) is 5.69 Å². The summed E-state index contributed by atoms with van der Waals surface area (Å²) in [5, 5.41) is 6.64. The maximum Gasteiger partial charge on any atom is 0.280 e. The van der Waals surface area contributed by atoms with Gasteiger partial charge in [-0.15, -0.1) is 0 Å². The van der Waals surface area contributed by atoms with E-state index in [1.165, 1.54) is 41.2 Å². The molecule has 24 heavy (non-hydrogen) atoms. The number of carbonyl (C=O) groups is 1. The number of hydrogen-bond acceptors (Lipinski definition) is 3. The third kappa shape index (κ3) is 3.38. The van der Waals surface area contributed by atoms with E-state index in [0.29, 0.717) is 5.69 Å². The van der Waals surface area contributed by atoms with Gasteiger partial charge in [-0.25, -0.2) is 9.07 Å². The normalized spacial score (nSPS) is 10.4. The minimum Gasteiger partial charge on any atom is -0.320 e. The Kier molecular flexibility index (Phi) is 4.20. The fourth-order valence-corrected chi connectivity index (χ4v) is 2.13. The van der Waals surface area contributed by atoms with Gasteiger partial charge in [-0.05, 0) is 43.3 Å². The third-order valence-electron chi connectivity index (χ3n) is 3.42. The summed E-state index contributed by atoms with van der Waals surface area (Å²) < 4.78 is 14.4. The molecule has 1 amide bonds. The van der Waals surface area contributed by atoms with Crippen LogP contribution in [-0.4, -0.2) is 15.7 Å². The van der Waals surface area contributed by atoms with Gasteiger partial charge in [0.15, 0.2) is 5.69 Å². The van der Waals surface area contributed by atoms with Gasteiger partial charge >= 0.3 is 0 Å². The number of halogens is 1. The molecule has 2 aromatic carbocycles. The quantitative estimate of drug-likeness (QED) is 0.806. The van der Waals surface area contributed by atoms with Crippen LogP contribution in [0.3, 0.4) is 0 Å². The van der Waals surface area contributed by atoms with Crippen molar-refractivity contribution in [3.8, 4) is 5.69 Å². The molecule has 1 aromatic heterocycles. The number of hydrogen-bond donors (Lipinski definition) is 1. The van der Waals surface area contributed by atoms with Gasteiger partial charge < -0.3 is 5.32 Å². The first-order valence-electron chi connectivity index (χ1n) is 7.27. The topological polar surface area (TPSA) is 64.0 Å². The van der Waals surface area contributed by atoms with Crippen molar-refractivity contribution in [3.63, 3.8) is 0 Å². The average Bonchev–Trinajstić information content (AvgIpc) is 2.58. The highest BCUT2D eigenvalue weighted by Crippen LogP contribution is 2.10. The summed E-state index contributed by atoms with van der Waals surface area (Å²) in [7, 11) is 0. The van der Waals surface area contributed by atoms with Gasteiger partial charge in [-0.2, -0.15) is 5.10 Å². The lowest BCUT2D eigenvalue weighted by molar-refractivity contribution is 0.101. The summed E-state index contributed by atoms with van der Waals surface area (Å²) in [5.74, 6) is -1.05. The van der Waals surface area contributed by atoms with Gasteiger partial charge in [0.05, 0.1) is 5.69 Å². The zero-order chi connectivity index (χ0) is 17.1. The summed E-state index contributed by atoms with van der Waals surface area (Å²) in [6, 6.07) is 14.1. The van der Waals surface area contributed by atoms with E-state index in [1.54, 1.807) is 0 Å². The molecule has 0 aliphatic rings. The summed E-state index contributed by atoms with van der Waals surface area (Å²) in [6.45, 7) is 1.96. The number of carbonyl (C=O) groups excluding carboxylic acids is 1. The number of amides is 1. The lowest BCUT2D eigenvalue weighted by Crippen LogP contribution is -2.25. The van der Waals surface area contributed by atoms with E-state index in [2.05, 4.69) is 10.4 Å². The minimum absolute atomic E-state index is 0.234. The second-order valence-electron chi connectivity index (χ2n) is 5.27. The van der Waals surface area contributed by atoms with Crippen LogP contribution in [0.5, 0.6) is 0 Å². The Morgan fingerprint density at radius 1 is 1.04 bits per heavy atom. The average molecular weight is 323 g/mol. The Balaban J connectivity index is 1.91. The zero-order valence-corrected chi connectivity index (χ0v) is 12.9. The van der Waals surface area contributed by atoms with Crippen molar-refractivity contribution in [3.05, 3.63) is 88.1 Å². The van der Waals surface area contributed by atoms with Crippen molar-refractivity contribution in [1.29, 1.82) is 0 Å². The predicted molar refractivity (Wildman–Crippen MR) is 88.9 cm³/mol. The number of aromatic nitrogens is 2. The summed E-state index contributed by atoms with van der Waals surface area (Å²) in [5.41, 5.74) is 1.49. The molecular formula is C18H14FN3O2. The van der Waals surface area contributed by atoms with Crippen LogP contribution < -0.4 is 10.7 Å². The van der Waals surface area contributed by atoms with E-state index in [1.807, 2.05) is 31.2 Å². The Morgan fingerprint density at radius 2 is 1.71 bits per heavy atom. The van der Waals surface area contributed by atoms with E-state index in [4.69, 9.17) is 0 Å². The third-order valence-corrected chi connectivity index (χ3v) is 3.42. The molecule has 0 bridgehead atoms. The van der Waals surface area contributed by atoms with E-state index >= 15 is 0 Å². The minimum atomic E-state index is -0.645. The lowest BCUT2D eigenvalue weighted by Gasteiger charge is -2.08. The first-order chi connectivity index (χ1) is 11.5. The monoisotopic (exact) mass is 323 g/mol. The van der Waals surface area contributed by atoms with Crippen LogP contribution in [0, 0.1) is 12.7 Å². The molecule has 1 N–H and O–H groups in total. The van der Waals surface area contributed by atoms with Gasteiger partial charge in [0.2, 0.25) is 5.43 Å². The summed E-state index contributed by atoms with van der Waals surface area (Å²) in [6.07, 6.45) is 1.50. The Bertz CT molecular complexity index is 932. The van der Waals surface area contributed by atoms with Crippen LogP contribution >= 0.6 is 0 Å². The molecule has 3 aromatic rings. The van der Waals surface area contributed by atoms with Crippen LogP contribution in [-0.2, 0) is 0 Å². The fourth-order valence-electron chi connectivity index (χ4n) is 2.13. The molecule has 0 aliphatic heterocycles. The number of nitrogens with one attached hydrogen (secondary N) is 1. The standard InChI is InChI=1S/C18H14FN3O2/c1-12-2-8-15(9-3-12)22-11-10-16(23)17(21-22)18(24)20-14-6-4-13(19)5-7-14/h2-11H,1H3,(H,20,24). The number of nitrogens with zero attached hydrogens (tertiary/aromatic N) is 2. The lowest BCUT2D eigenvalue weighted by atomic mass is 10.2. The highest BCUT2D eigenvalue weighted by molar-refractivity contribution is 6.02. The Hall–Kier alpha value is -3.28. The second-order valence-corrected chi connectivity index (χ2v) is 5.27. The zero-order valence-electron chi connectivity index (χ0n) is 12.9. The maximum absolute atomic E-state index is 12.9. The van der Waals surface area contributed by atoms with Crippen molar-refractivity contribution in [2.75, 3.05) is 5.32 Å².